The van der Waals surface area contributed by atoms with E-state index in [1.54, 1.807) is 0 Å². The standard InChI is InChI=1S/C69H47N/c1-5-19-49(20-6-1)62-33-18-34-65-68(62)64-46-44-58(47-66(64)69(65,54-26-9-3-10-27-54)55-28-11-4-12-29-55)70(56-40-35-51(36-41-56)60-32-17-25-48-21-13-15-30-59(48)60)57-42-37-52(38-43-57)63-45-39-50-22-14-16-31-61(50)67(63)53-23-7-2-8-24-53/h1-47H. The Labute approximate surface area is 409 Å². The lowest BCUT2D eigenvalue weighted by molar-refractivity contribution is 0.768. The van der Waals surface area contributed by atoms with Gasteiger partial charge in [0, 0.05) is 17.1 Å². The highest BCUT2D eigenvalue weighted by atomic mass is 15.1. The minimum Gasteiger partial charge on any atom is -0.310 e. The Morgan fingerprint density at radius 1 is 0.243 bits per heavy atom. The highest BCUT2D eigenvalue weighted by Gasteiger charge is 2.47. The molecule has 0 saturated carbocycles. The van der Waals surface area contributed by atoms with Crippen LogP contribution in [-0.4, -0.2) is 0 Å². The summed E-state index contributed by atoms with van der Waals surface area (Å²) in [6.45, 7) is 0. The van der Waals surface area contributed by atoms with Crippen LogP contribution in [0.25, 0.3) is 77.2 Å². The van der Waals surface area contributed by atoms with E-state index in [0.717, 1.165) is 17.1 Å². The predicted molar refractivity (Wildman–Crippen MR) is 295 cm³/mol. The second-order valence-corrected chi connectivity index (χ2v) is 18.3. The Morgan fingerprint density at radius 2 is 0.686 bits per heavy atom. The van der Waals surface area contributed by atoms with Crippen molar-refractivity contribution in [3.05, 3.63) is 307 Å². The van der Waals surface area contributed by atoms with Gasteiger partial charge in [-0.1, -0.05) is 249 Å². The summed E-state index contributed by atoms with van der Waals surface area (Å²) in [6.07, 6.45) is 0. The summed E-state index contributed by atoms with van der Waals surface area (Å²) in [7, 11) is 0. The van der Waals surface area contributed by atoms with Crippen molar-refractivity contribution in [2.45, 2.75) is 5.41 Å². The fraction of sp³-hybridized carbons (Fsp3) is 0.0145. The maximum atomic E-state index is 2.48. The van der Waals surface area contributed by atoms with E-state index in [2.05, 4.69) is 290 Å². The average Bonchev–Trinajstić information content (AvgIpc) is 3.74. The molecule has 1 nitrogen and oxygen atoms in total. The SMILES string of the molecule is c1ccc(-c2cccc3c2-c2ccc(N(c4ccc(-c5ccc6ccccc6c5-c5ccccc5)cc4)c4ccc(-c5cccc6ccccc56)cc4)cc2C3(c2ccccc2)c2ccccc2)cc1. The van der Waals surface area contributed by atoms with Crippen molar-refractivity contribution in [1.82, 2.24) is 0 Å². The molecule has 0 aliphatic heterocycles. The first kappa shape index (κ1) is 41.2. The van der Waals surface area contributed by atoms with Gasteiger partial charge in [0.2, 0.25) is 0 Å². The van der Waals surface area contributed by atoms with Gasteiger partial charge in [0.1, 0.15) is 0 Å². The topological polar surface area (TPSA) is 3.24 Å². The van der Waals surface area contributed by atoms with E-state index in [1.165, 1.54) is 99.4 Å². The third-order valence-corrected chi connectivity index (χ3v) is 14.6. The van der Waals surface area contributed by atoms with Crippen molar-refractivity contribution in [1.29, 1.82) is 0 Å². The normalized spacial score (nSPS) is 12.4. The summed E-state index contributed by atoms with van der Waals surface area (Å²) < 4.78 is 0. The summed E-state index contributed by atoms with van der Waals surface area (Å²) in [5.41, 5.74) is 19.9. The van der Waals surface area contributed by atoms with Crippen molar-refractivity contribution in [3.63, 3.8) is 0 Å². The molecule has 0 amide bonds. The van der Waals surface area contributed by atoms with Crippen molar-refractivity contribution < 1.29 is 0 Å². The van der Waals surface area contributed by atoms with Crippen molar-refractivity contribution in [3.8, 4) is 55.6 Å². The molecule has 1 aliphatic rings. The highest BCUT2D eigenvalue weighted by molar-refractivity contribution is 6.05. The van der Waals surface area contributed by atoms with E-state index in [4.69, 9.17) is 0 Å². The van der Waals surface area contributed by atoms with Gasteiger partial charge in [-0.2, -0.15) is 0 Å². The van der Waals surface area contributed by atoms with Crippen molar-refractivity contribution in [2.24, 2.45) is 0 Å². The van der Waals surface area contributed by atoms with Crippen LogP contribution in [0.2, 0.25) is 0 Å². The van der Waals surface area contributed by atoms with Gasteiger partial charge in [-0.3, -0.25) is 0 Å². The third kappa shape index (κ3) is 6.78. The van der Waals surface area contributed by atoms with E-state index in [9.17, 15) is 0 Å². The molecule has 12 aromatic carbocycles. The number of nitrogens with zero attached hydrogens (tertiary/aromatic N) is 1. The first-order valence-electron chi connectivity index (χ1n) is 24.2. The van der Waals surface area contributed by atoms with Gasteiger partial charge in [0.15, 0.2) is 0 Å². The summed E-state index contributed by atoms with van der Waals surface area (Å²) in [5.74, 6) is 0. The summed E-state index contributed by atoms with van der Waals surface area (Å²) in [6, 6.07) is 105. The molecule has 0 aromatic heterocycles. The molecule has 0 fully saturated rings. The Balaban J connectivity index is 1.03. The van der Waals surface area contributed by atoms with Crippen LogP contribution in [0.3, 0.4) is 0 Å². The molecule has 1 heteroatoms. The van der Waals surface area contributed by atoms with Crippen LogP contribution in [0.1, 0.15) is 22.3 Å². The molecule has 328 valence electrons. The number of hydrogen-bond donors (Lipinski definition) is 0. The zero-order valence-electron chi connectivity index (χ0n) is 38.6. The summed E-state index contributed by atoms with van der Waals surface area (Å²) in [5, 5.41) is 4.97. The fourth-order valence-electron chi connectivity index (χ4n) is 11.5. The van der Waals surface area contributed by atoms with Crippen LogP contribution in [0.15, 0.2) is 285 Å². The van der Waals surface area contributed by atoms with E-state index in [-0.39, 0.29) is 0 Å². The van der Waals surface area contributed by atoms with E-state index < -0.39 is 5.41 Å². The number of anilines is 3. The lowest BCUT2D eigenvalue weighted by atomic mass is 9.67. The summed E-state index contributed by atoms with van der Waals surface area (Å²) in [4.78, 5) is 2.44. The molecule has 0 unspecified atom stereocenters. The monoisotopic (exact) mass is 889 g/mol. The molecule has 1 aliphatic carbocycles. The van der Waals surface area contributed by atoms with Gasteiger partial charge in [0.25, 0.3) is 0 Å². The second kappa shape index (κ2) is 17.2. The van der Waals surface area contributed by atoms with Crippen molar-refractivity contribution >= 4 is 38.6 Å². The lowest BCUT2D eigenvalue weighted by Gasteiger charge is -2.35. The molecular weight excluding hydrogens is 843 g/mol. The molecule has 0 atom stereocenters. The molecule has 0 heterocycles. The minimum atomic E-state index is -0.592. The van der Waals surface area contributed by atoms with Crippen LogP contribution in [0.4, 0.5) is 17.1 Å². The second-order valence-electron chi connectivity index (χ2n) is 18.3. The molecular formula is C69H47N. The zero-order chi connectivity index (χ0) is 46.4. The van der Waals surface area contributed by atoms with Gasteiger partial charge >= 0.3 is 0 Å². The van der Waals surface area contributed by atoms with Crippen LogP contribution in [0.5, 0.6) is 0 Å². The van der Waals surface area contributed by atoms with Gasteiger partial charge in [-0.15, -0.1) is 0 Å². The van der Waals surface area contributed by atoms with E-state index in [1.807, 2.05) is 0 Å². The minimum absolute atomic E-state index is 0.592. The lowest BCUT2D eigenvalue weighted by Crippen LogP contribution is -2.28. The number of rotatable bonds is 9. The summed E-state index contributed by atoms with van der Waals surface area (Å²) >= 11 is 0. The largest absolute Gasteiger partial charge is 0.310 e. The Hall–Kier alpha value is -9.04. The van der Waals surface area contributed by atoms with Gasteiger partial charge in [-0.05, 0) is 136 Å². The van der Waals surface area contributed by atoms with Crippen LogP contribution >= 0.6 is 0 Å². The molecule has 0 saturated heterocycles. The quantitative estimate of drug-likeness (QED) is 0.140. The first-order chi connectivity index (χ1) is 34.7. The predicted octanol–water partition coefficient (Wildman–Crippen LogP) is 18.5. The molecule has 0 N–H and O–H groups in total. The maximum Gasteiger partial charge on any atom is 0.0714 e. The third-order valence-electron chi connectivity index (χ3n) is 14.6. The van der Waals surface area contributed by atoms with Crippen LogP contribution in [-0.2, 0) is 5.41 Å². The zero-order valence-corrected chi connectivity index (χ0v) is 38.6. The number of benzene rings is 12. The average molecular weight is 890 g/mol. The van der Waals surface area contributed by atoms with Crippen molar-refractivity contribution in [2.75, 3.05) is 4.90 Å². The van der Waals surface area contributed by atoms with Crippen LogP contribution in [0, 0.1) is 0 Å². The highest BCUT2D eigenvalue weighted by Crippen LogP contribution is 2.59. The smallest absolute Gasteiger partial charge is 0.0714 e. The molecule has 70 heavy (non-hydrogen) atoms. The van der Waals surface area contributed by atoms with Gasteiger partial charge in [-0.25, -0.2) is 0 Å². The van der Waals surface area contributed by atoms with Crippen LogP contribution < -0.4 is 4.90 Å². The molecule has 13 rings (SSSR count). The maximum absolute atomic E-state index is 2.48. The van der Waals surface area contributed by atoms with E-state index in [0.29, 0.717) is 0 Å². The number of hydrogen-bond acceptors (Lipinski definition) is 1. The van der Waals surface area contributed by atoms with Gasteiger partial charge < -0.3 is 4.90 Å². The number of fused-ring (bicyclic) bond motifs is 5. The molecule has 0 bridgehead atoms. The molecule has 0 radical (unpaired) electrons. The van der Waals surface area contributed by atoms with E-state index >= 15 is 0 Å². The fourth-order valence-corrected chi connectivity index (χ4v) is 11.5. The van der Waals surface area contributed by atoms with Gasteiger partial charge in [0.05, 0.1) is 5.41 Å². The molecule has 0 spiro atoms. The Bertz CT molecular complexity index is 3800. The Morgan fingerprint density at radius 3 is 1.33 bits per heavy atom. The Kier molecular flexibility index (Phi) is 10.1. The first-order valence-corrected chi connectivity index (χ1v) is 24.2. The molecule has 12 aromatic rings.